The first-order valence-electron chi connectivity index (χ1n) is 5.59. The van der Waals surface area contributed by atoms with Gasteiger partial charge in [0.2, 0.25) is 5.91 Å². The molecule has 2 atom stereocenters. The first-order chi connectivity index (χ1) is 8.38. The van der Waals surface area contributed by atoms with Crippen LogP contribution in [0.5, 0.6) is 0 Å². The van der Waals surface area contributed by atoms with E-state index in [1.165, 1.54) is 7.11 Å². The summed E-state index contributed by atoms with van der Waals surface area (Å²) in [4.78, 5) is 35.4. The summed E-state index contributed by atoms with van der Waals surface area (Å²) in [6.45, 7) is 2.80. The average Bonchev–Trinajstić information content (AvgIpc) is 2.35. The molecular weight excluding hydrogens is 258 g/mol. The maximum absolute atomic E-state index is 12.0. The molecule has 6 nitrogen and oxygen atoms in total. The van der Waals surface area contributed by atoms with Crippen LogP contribution in [0.2, 0.25) is 0 Å². The van der Waals surface area contributed by atoms with Crippen molar-refractivity contribution in [3.8, 4) is 0 Å². The number of hydrogen-bond donors (Lipinski definition) is 2. The van der Waals surface area contributed by atoms with Crippen LogP contribution in [0.4, 0.5) is 0 Å². The van der Waals surface area contributed by atoms with Gasteiger partial charge in [-0.15, -0.1) is 0 Å². The lowest BCUT2D eigenvalue weighted by Crippen LogP contribution is -2.49. The van der Waals surface area contributed by atoms with Crippen LogP contribution in [0.1, 0.15) is 20.3 Å². The largest absolute Gasteiger partial charge is 0.480 e. The minimum Gasteiger partial charge on any atom is -0.480 e. The Morgan fingerprint density at radius 3 is 2.28 bits per heavy atom. The van der Waals surface area contributed by atoms with Crippen LogP contribution in [0.25, 0.3) is 0 Å². The smallest absolute Gasteiger partial charge is 0.328 e. The molecule has 0 aromatic carbocycles. The van der Waals surface area contributed by atoms with Gasteiger partial charge in [-0.05, 0) is 6.42 Å². The van der Waals surface area contributed by atoms with E-state index in [2.05, 4.69) is 17.4 Å². The molecule has 18 heavy (non-hydrogen) atoms. The summed E-state index contributed by atoms with van der Waals surface area (Å²) in [5.74, 6) is -2.36. The lowest BCUT2D eigenvalue weighted by atomic mass is 10.1. The number of hydrogen-bond acceptors (Lipinski definition) is 5. The molecule has 104 valence electrons. The predicted molar refractivity (Wildman–Crippen MR) is 68.5 cm³/mol. The van der Waals surface area contributed by atoms with E-state index in [9.17, 15) is 14.4 Å². The number of aliphatic carboxylic acids is 1. The molecule has 0 fully saturated rings. The number of carbonyl (C=O) groups excluding carboxylic acids is 2. The fourth-order valence-corrected chi connectivity index (χ4v) is 1.66. The van der Waals surface area contributed by atoms with Crippen molar-refractivity contribution in [1.82, 2.24) is 4.90 Å². The van der Waals surface area contributed by atoms with Gasteiger partial charge in [-0.1, -0.05) is 13.8 Å². The molecular formula is C11H19NO5S. The third-order valence-corrected chi connectivity index (χ3v) is 3.07. The molecule has 0 radical (unpaired) electrons. The number of ether oxygens (including phenoxy) is 1. The second-order valence-corrected chi connectivity index (χ2v) is 4.26. The van der Waals surface area contributed by atoms with E-state index in [-0.39, 0.29) is 5.75 Å². The number of rotatable bonds is 7. The summed E-state index contributed by atoms with van der Waals surface area (Å²) >= 11 is 4.00. The minimum atomic E-state index is -1.17. The van der Waals surface area contributed by atoms with E-state index in [1.54, 1.807) is 13.8 Å². The molecule has 0 spiro atoms. The van der Waals surface area contributed by atoms with Crippen molar-refractivity contribution in [2.45, 2.75) is 26.3 Å². The summed E-state index contributed by atoms with van der Waals surface area (Å²) in [5, 5.41) is 8.82. The third kappa shape index (κ3) is 4.56. The molecule has 1 N–H and O–H groups in total. The predicted octanol–water partition coefficient (Wildman–Crippen LogP) is 0.417. The summed E-state index contributed by atoms with van der Waals surface area (Å²) in [7, 11) is 1.20. The zero-order valence-electron chi connectivity index (χ0n) is 10.8. The Labute approximate surface area is 112 Å². The highest BCUT2D eigenvalue weighted by Crippen LogP contribution is 2.12. The minimum absolute atomic E-state index is 0.284. The average molecular weight is 277 g/mol. The first-order valence-corrected chi connectivity index (χ1v) is 6.23. The van der Waals surface area contributed by atoms with E-state index < -0.39 is 36.4 Å². The van der Waals surface area contributed by atoms with Crippen molar-refractivity contribution >= 4 is 30.5 Å². The summed E-state index contributed by atoms with van der Waals surface area (Å²) in [6, 6.07) is -0.874. The van der Waals surface area contributed by atoms with Crippen LogP contribution in [-0.2, 0) is 19.1 Å². The topological polar surface area (TPSA) is 83.9 Å². The van der Waals surface area contributed by atoms with E-state index in [1.807, 2.05) is 0 Å². The molecule has 0 heterocycles. The number of esters is 1. The van der Waals surface area contributed by atoms with Gasteiger partial charge in [0, 0.05) is 11.7 Å². The van der Waals surface area contributed by atoms with Crippen molar-refractivity contribution in [2.75, 3.05) is 19.4 Å². The summed E-state index contributed by atoms with van der Waals surface area (Å²) in [6.07, 6.45) is 0.297. The summed E-state index contributed by atoms with van der Waals surface area (Å²) in [5.41, 5.74) is 0. The van der Waals surface area contributed by atoms with Crippen LogP contribution >= 0.6 is 12.6 Å². The van der Waals surface area contributed by atoms with Gasteiger partial charge < -0.3 is 14.7 Å². The Hall–Kier alpha value is -1.24. The first kappa shape index (κ1) is 16.8. The van der Waals surface area contributed by atoms with Crippen LogP contribution in [-0.4, -0.2) is 53.3 Å². The zero-order valence-corrected chi connectivity index (χ0v) is 11.6. The van der Waals surface area contributed by atoms with Crippen molar-refractivity contribution in [3.05, 3.63) is 0 Å². The van der Waals surface area contributed by atoms with Gasteiger partial charge in [-0.2, -0.15) is 12.6 Å². The van der Waals surface area contributed by atoms with Gasteiger partial charge in [0.25, 0.3) is 0 Å². The second-order valence-electron chi connectivity index (χ2n) is 3.89. The van der Waals surface area contributed by atoms with Gasteiger partial charge in [-0.3, -0.25) is 9.59 Å². The Balaban J connectivity index is 5.12. The molecule has 0 aliphatic heterocycles. The Morgan fingerprint density at radius 2 is 1.94 bits per heavy atom. The molecule has 0 aromatic rings. The molecule has 0 rings (SSSR count). The highest BCUT2D eigenvalue weighted by molar-refractivity contribution is 7.80. The van der Waals surface area contributed by atoms with Crippen LogP contribution in [0, 0.1) is 5.92 Å². The van der Waals surface area contributed by atoms with Gasteiger partial charge in [-0.25, -0.2) is 4.79 Å². The molecule has 1 amide bonds. The number of amides is 1. The fraction of sp³-hybridized carbons (Fsp3) is 0.727. The quantitative estimate of drug-likeness (QED) is 0.520. The van der Waals surface area contributed by atoms with E-state index in [4.69, 9.17) is 5.11 Å². The Morgan fingerprint density at radius 1 is 1.39 bits per heavy atom. The second kappa shape index (κ2) is 7.97. The molecule has 0 saturated heterocycles. The highest BCUT2D eigenvalue weighted by Gasteiger charge is 2.32. The lowest BCUT2D eigenvalue weighted by Gasteiger charge is -2.29. The van der Waals surface area contributed by atoms with Gasteiger partial charge in [0.1, 0.15) is 12.6 Å². The number of methoxy groups -OCH3 is 1. The van der Waals surface area contributed by atoms with Gasteiger partial charge in [0.15, 0.2) is 0 Å². The summed E-state index contributed by atoms with van der Waals surface area (Å²) < 4.78 is 4.58. The van der Waals surface area contributed by atoms with Gasteiger partial charge >= 0.3 is 11.9 Å². The highest BCUT2D eigenvalue weighted by atomic mass is 32.1. The number of carboxylic acids is 1. The maximum atomic E-state index is 12.0. The standard InChI is InChI=1S/C11H19NO5S/c1-4-8(11(16)17-3)12(5-9(13)14)10(15)7(2)6-18/h7-8,18H,4-6H2,1-3H3,(H,13,14)/t7?,8-/m1/s1. The van der Waals surface area contributed by atoms with Crippen molar-refractivity contribution in [2.24, 2.45) is 5.92 Å². The number of thiol groups is 1. The SMILES string of the molecule is CC[C@H](C(=O)OC)N(CC(=O)O)C(=O)C(C)CS. The Kier molecular flexibility index (Phi) is 7.42. The van der Waals surface area contributed by atoms with Crippen molar-refractivity contribution in [3.63, 3.8) is 0 Å². The fourth-order valence-electron chi connectivity index (χ4n) is 1.50. The number of carbonyl (C=O) groups is 3. The molecule has 1 unspecified atom stereocenters. The van der Waals surface area contributed by atoms with Crippen LogP contribution in [0.3, 0.4) is 0 Å². The number of nitrogens with zero attached hydrogens (tertiary/aromatic N) is 1. The molecule has 0 aromatic heterocycles. The molecule has 0 saturated carbocycles. The van der Waals surface area contributed by atoms with Crippen molar-refractivity contribution < 1.29 is 24.2 Å². The maximum Gasteiger partial charge on any atom is 0.328 e. The van der Waals surface area contributed by atoms with Crippen LogP contribution < -0.4 is 0 Å². The molecule has 0 bridgehead atoms. The van der Waals surface area contributed by atoms with Gasteiger partial charge in [0.05, 0.1) is 7.11 Å². The normalized spacial score (nSPS) is 13.6. The molecule has 0 aliphatic rings. The Bertz CT molecular complexity index is 321. The monoisotopic (exact) mass is 277 g/mol. The lowest BCUT2D eigenvalue weighted by molar-refractivity contribution is -0.157. The molecule has 0 aliphatic carbocycles. The zero-order chi connectivity index (χ0) is 14.3. The van der Waals surface area contributed by atoms with E-state index in [0.29, 0.717) is 6.42 Å². The number of carboxylic acid groups (broad SMARTS) is 1. The van der Waals surface area contributed by atoms with Crippen LogP contribution in [0.15, 0.2) is 0 Å². The van der Waals surface area contributed by atoms with E-state index >= 15 is 0 Å². The third-order valence-electron chi connectivity index (χ3n) is 2.52. The molecule has 7 heteroatoms. The van der Waals surface area contributed by atoms with E-state index in [0.717, 1.165) is 4.90 Å². The van der Waals surface area contributed by atoms with Crippen molar-refractivity contribution in [1.29, 1.82) is 0 Å².